The molecule has 2 N–H and O–H groups in total. The molecule has 0 aliphatic heterocycles. The van der Waals surface area contributed by atoms with Crippen LogP contribution in [0.25, 0.3) is 0 Å². The first-order valence-electron chi connectivity index (χ1n) is 6.77. The molecule has 1 aromatic heterocycles. The van der Waals surface area contributed by atoms with Gasteiger partial charge in [0.15, 0.2) is 0 Å². The minimum absolute atomic E-state index is 0.104. The molecule has 1 heterocycles. The molecule has 0 fully saturated rings. The fraction of sp³-hybridized carbons (Fsp3) is 0.643. The van der Waals surface area contributed by atoms with E-state index in [1.807, 2.05) is 19.9 Å². The second kappa shape index (κ2) is 7.35. The summed E-state index contributed by atoms with van der Waals surface area (Å²) in [6.07, 6.45) is -2.88. The van der Waals surface area contributed by atoms with Gasteiger partial charge in [0.2, 0.25) is 0 Å². The zero-order valence-corrected chi connectivity index (χ0v) is 13.2. The van der Waals surface area contributed by atoms with E-state index in [0.29, 0.717) is 12.1 Å². The maximum absolute atomic E-state index is 12.2. The monoisotopic (exact) mass is 322 g/mol. The van der Waals surface area contributed by atoms with Crippen molar-refractivity contribution >= 4 is 11.0 Å². The van der Waals surface area contributed by atoms with Gasteiger partial charge in [-0.1, -0.05) is 13.0 Å². The Morgan fingerprint density at radius 3 is 2.48 bits per heavy atom. The molecule has 0 aliphatic rings. The molecule has 1 aromatic rings. The predicted octanol–water partition coefficient (Wildman–Crippen LogP) is 3.39. The molecule has 2 unspecified atom stereocenters. The van der Waals surface area contributed by atoms with Gasteiger partial charge in [0.1, 0.15) is 0 Å². The van der Waals surface area contributed by atoms with Crippen LogP contribution in [0.1, 0.15) is 49.4 Å². The number of hydrogen-bond acceptors (Lipinski definition) is 2. The molecular formula is C14H21F3N2OS. The smallest absolute Gasteiger partial charge is 0.261 e. The Morgan fingerprint density at radius 1 is 1.38 bits per heavy atom. The van der Waals surface area contributed by atoms with Crippen LogP contribution in [-0.2, 0) is 17.4 Å². The summed E-state index contributed by atoms with van der Waals surface area (Å²) in [5.74, 6) is 0.107. The van der Waals surface area contributed by atoms with E-state index in [0.717, 1.165) is 11.1 Å². The molecule has 3 nitrogen and oxygen atoms in total. The van der Waals surface area contributed by atoms with E-state index in [1.165, 1.54) is 0 Å². The number of pyridine rings is 1. The second-order valence-corrected chi connectivity index (χ2v) is 6.89. The van der Waals surface area contributed by atoms with Crippen molar-refractivity contribution in [2.75, 3.05) is 0 Å². The van der Waals surface area contributed by atoms with Crippen LogP contribution in [-0.4, -0.2) is 20.6 Å². The number of aryl methyl sites for hydroxylation is 2. The van der Waals surface area contributed by atoms with Gasteiger partial charge in [-0.3, -0.25) is 10.1 Å². The largest absolute Gasteiger partial charge is 0.389 e. The second-order valence-electron chi connectivity index (χ2n) is 5.42. The van der Waals surface area contributed by atoms with Gasteiger partial charge in [0, 0.05) is 23.6 Å². The van der Waals surface area contributed by atoms with E-state index < -0.39 is 23.6 Å². The molecule has 1 rings (SSSR count). The Balaban J connectivity index is 2.75. The van der Waals surface area contributed by atoms with Crippen LogP contribution in [0, 0.1) is 6.92 Å². The summed E-state index contributed by atoms with van der Waals surface area (Å²) in [6, 6.07) is 1.86. The topological polar surface area (TPSA) is 56.0 Å². The van der Waals surface area contributed by atoms with E-state index in [1.54, 1.807) is 13.1 Å². The van der Waals surface area contributed by atoms with Gasteiger partial charge in [-0.15, -0.1) is 0 Å². The third-order valence-electron chi connectivity index (χ3n) is 3.50. The van der Waals surface area contributed by atoms with Crippen molar-refractivity contribution in [3.63, 3.8) is 0 Å². The molecule has 0 amide bonds. The zero-order valence-electron chi connectivity index (χ0n) is 12.4. The van der Waals surface area contributed by atoms with Crippen LogP contribution in [0.15, 0.2) is 12.3 Å². The summed E-state index contributed by atoms with van der Waals surface area (Å²) >= 11 is 0. The number of hydrogen-bond donors (Lipinski definition) is 1. The summed E-state index contributed by atoms with van der Waals surface area (Å²) in [4.78, 5) is 4.15. The van der Waals surface area contributed by atoms with Gasteiger partial charge < -0.3 is 0 Å². The summed E-state index contributed by atoms with van der Waals surface area (Å²) in [5.41, 5.74) is 2.16. The normalized spacial score (nSPS) is 16.5. The fourth-order valence-electron chi connectivity index (χ4n) is 2.15. The maximum atomic E-state index is 12.2. The van der Waals surface area contributed by atoms with Crippen LogP contribution < -0.4 is 5.14 Å². The standard InChI is InChI=1S/C14H21F3N2OS/c1-9(6-11(3)21(18)20)12-7-10(2)13(19-8-12)4-5-14(15,16)17/h7-9,11H,4-6,18H2,1-3H3/t9-,11?,21?/m1/s1. The first kappa shape index (κ1) is 18.1. The number of rotatable bonds is 6. The van der Waals surface area contributed by atoms with E-state index in [-0.39, 0.29) is 17.6 Å². The van der Waals surface area contributed by atoms with Crippen LogP contribution in [0.2, 0.25) is 0 Å². The molecule has 3 atom stereocenters. The van der Waals surface area contributed by atoms with Gasteiger partial charge in [0.05, 0.1) is 11.0 Å². The lowest BCUT2D eigenvalue weighted by Gasteiger charge is -2.17. The Morgan fingerprint density at radius 2 is 2.00 bits per heavy atom. The lowest BCUT2D eigenvalue weighted by atomic mass is 9.96. The Kier molecular flexibility index (Phi) is 6.34. The van der Waals surface area contributed by atoms with Crippen LogP contribution >= 0.6 is 0 Å². The molecule has 0 saturated heterocycles. The third-order valence-corrected chi connectivity index (χ3v) is 4.49. The molecule has 120 valence electrons. The average Bonchev–Trinajstić information content (AvgIpc) is 2.35. The summed E-state index contributed by atoms with van der Waals surface area (Å²) < 4.78 is 47.9. The highest BCUT2D eigenvalue weighted by molar-refractivity contribution is 7.83. The van der Waals surface area contributed by atoms with Crippen molar-refractivity contribution in [3.05, 3.63) is 29.1 Å². The first-order chi connectivity index (χ1) is 9.60. The highest BCUT2D eigenvalue weighted by Gasteiger charge is 2.27. The molecule has 0 aliphatic carbocycles. The molecule has 0 radical (unpaired) electrons. The Labute approximate surface area is 125 Å². The quantitative estimate of drug-likeness (QED) is 0.873. The Hall–Kier alpha value is -0.950. The molecule has 7 heteroatoms. The fourth-order valence-corrected chi connectivity index (χ4v) is 2.62. The highest BCUT2D eigenvalue weighted by atomic mass is 32.2. The molecule has 0 saturated carbocycles. The number of halogens is 3. The number of nitrogens with two attached hydrogens (primary N) is 1. The zero-order chi connectivity index (χ0) is 16.2. The summed E-state index contributed by atoms with van der Waals surface area (Å²) in [6.45, 7) is 5.54. The predicted molar refractivity (Wildman–Crippen MR) is 78.2 cm³/mol. The number of alkyl halides is 3. The van der Waals surface area contributed by atoms with Gasteiger partial charge in [-0.25, -0.2) is 4.21 Å². The Bertz CT molecular complexity index is 505. The van der Waals surface area contributed by atoms with E-state index >= 15 is 0 Å². The van der Waals surface area contributed by atoms with Crippen molar-refractivity contribution in [2.24, 2.45) is 5.14 Å². The minimum Gasteiger partial charge on any atom is -0.261 e. The van der Waals surface area contributed by atoms with Gasteiger partial charge in [-0.2, -0.15) is 13.2 Å². The molecule has 0 bridgehead atoms. The molecular weight excluding hydrogens is 301 g/mol. The summed E-state index contributed by atoms with van der Waals surface area (Å²) in [7, 11) is -1.37. The van der Waals surface area contributed by atoms with E-state index in [4.69, 9.17) is 5.14 Å². The lowest BCUT2D eigenvalue weighted by Crippen LogP contribution is -2.20. The maximum Gasteiger partial charge on any atom is 0.389 e. The van der Waals surface area contributed by atoms with Gasteiger partial charge >= 0.3 is 6.18 Å². The van der Waals surface area contributed by atoms with Crippen LogP contribution in [0.5, 0.6) is 0 Å². The minimum atomic E-state index is -4.17. The first-order valence-corrected chi connectivity index (χ1v) is 8.05. The van der Waals surface area contributed by atoms with Crippen molar-refractivity contribution in [1.29, 1.82) is 0 Å². The highest BCUT2D eigenvalue weighted by Crippen LogP contribution is 2.25. The average molecular weight is 322 g/mol. The van der Waals surface area contributed by atoms with Crippen LogP contribution in [0.4, 0.5) is 13.2 Å². The van der Waals surface area contributed by atoms with E-state index in [9.17, 15) is 17.4 Å². The number of nitrogens with zero attached hydrogens (tertiary/aromatic N) is 1. The third kappa shape index (κ3) is 6.13. The SMILES string of the molecule is Cc1cc([C@H](C)CC(C)S(N)=O)cnc1CCC(F)(F)F. The van der Waals surface area contributed by atoms with Crippen molar-refractivity contribution < 1.29 is 17.4 Å². The van der Waals surface area contributed by atoms with E-state index in [2.05, 4.69) is 4.98 Å². The van der Waals surface area contributed by atoms with Crippen molar-refractivity contribution in [1.82, 2.24) is 4.98 Å². The molecule has 0 spiro atoms. The van der Waals surface area contributed by atoms with Crippen LogP contribution in [0.3, 0.4) is 0 Å². The lowest BCUT2D eigenvalue weighted by molar-refractivity contribution is -0.134. The van der Waals surface area contributed by atoms with Crippen molar-refractivity contribution in [3.8, 4) is 0 Å². The molecule has 0 aromatic carbocycles. The van der Waals surface area contributed by atoms with Crippen molar-refractivity contribution in [2.45, 2.75) is 57.4 Å². The number of aromatic nitrogens is 1. The summed E-state index contributed by atoms with van der Waals surface area (Å²) in [5, 5.41) is 5.21. The van der Waals surface area contributed by atoms with Gasteiger partial charge in [0.25, 0.3) is 0 Å². The van der Waals surface area contributed by atoms with Gasteiger partial charge in [-0.05, 0) is 43.7 Å². The molecule has 21 heavy (non-hydrogen) atoms.